The van der Waals surface area contributed by atoms with E-state index in [0.29, 0.717) is 12.3 Å². The number of hydrogen-bond acceptors (Lipinski definition) is 4. The van der Waals surface area contributed by atoms with Gasteiger partial charge < -0.3 is 15.1 Å². The number of fused-ring (bicyclic) bond motifs is 1. The van der Waals surface area contributed by atoms with Crippen LogP contribution in [0, 0.1) is 23.2 Å². The van der Waals surface area contributed by atoms with Gasteiger partial charge in [-0.1, -0.05) is 0 Å². The van der Waals surface area contributed by atoms with Gasteiger partial charge in [0.2, 0.25) is 0 Å². The Balaban J connectivity index is 1.24. The molecule has 4 fully saturated rings. The molecular weight excluding hydrogens is 421 g/mol. The minimum absolute atomic E-state index is 0.1000. The molecule has 1 aliphatic heterocycles. The van der Waals surface area contributed by atoms with Gasteiger partial charge in [-0.15, -0.1) is 0 Å². The molecule has 2 atom stereocenters. The van der Waals surface area contributed by atoms with Crippen molar-refractivity contribution in [2.24, 2.45) is 23.2 Å². The minimum atomic E-state index is -4.49. The van der Waals surface area contributed by atoms with Crippen LogP contribution in [0.1, 0.15) is 73.1 Å². The van der Waals surface area contributed by atoms with Crippen LogP contribution in [0.15, 0.2) is 29.0 Å². The van der Waals surface area contributed by atoms with Crippen molar-refractivity contribution in [3.05, 3.63) is 35.9 Å². The number of aromatic nitrogens is 2. The molecule has 0 saturated heterocycles. The van der Waals surface area contributed by atoms with E-state index >= 15 is 0 Å². The number of alkyl halides is 3. The monoisotopic (exact) mass is 448 g/mol. The van der Waals surface area contributed by atoms with E-state index in [-0.39, 0.29) is 29.1 Å². The van der Waals surface area contributed by atoms with Crippen LogP contribution in [0.4, 0.5) is 19.0 Å². The van der Waals surface area contributed by atoms with Crippen molar-refractivity contribution in [1.29, 1.82) is 0 Å². The number of halogens is 3. The molecule has 4 aliphatic carbocycles. The van der Waals surface area contributed by atoms with Gasteiger partial charge in [-0.2, -0.15) is 18.3 Å². The average Bonchev–Trinajstić information content (AvgIpc) is 3.39. The highest BCUT2D eigenvalue weighted by Gasteiger charge is 2.51. The van der Waals surface area contributed by atoms with E-state index in [2.05, 4.69) is 15.7 Å². The highest BCUT2D eigenvalue weighted by Crippen LogP contribution is 2.59. The third kappa shape index (κ3) is 3.31. The van der Waals surface area contributed by atoms with Gasteiger partial charge in [-0.3, -0.25) is 4.79 Å². The number of furan rings is 1. The average molecular weight is 448 g/mol. The number of nitrogens with one attached hydrogen (secondary N) is 2. The summed E-state index contributed by atoms with van der Waals surface area (Å²) in [5.41, 5.74) is 0.302. The van der Waals surface area contributed by atoms with Gasteiger partial charge in [0, 0.05) is 13.0 Å². The second-order valence-corrected chi connectivity index (χ2v) is 10.5. The summed E-state index contributed by atoms with van der Waals surface area (Å²) in [6, 6.07) is 0.781. The van der Waals surface area contributed by atoms with E-state index in [0.717, 1.165) is 41.7 Å². The van der Waals surface area contributed by atoms with Crippen molar-refractivity contribution in [2.75, 3.05) is 11.9 Å². The highest BCUT2D eigenvalue weighted by atomic mass is 19.4. The lowest BCUT2D eigenvalue weighted by Gasteiger charge is -2.56. The molecule has 3 heterocycles. The van der Waals surface area contributed by atoms with E-state index < -0.39 is 18.3 Å². The molecule has 2 aromatic rings. The molecule has 6 nitrogen and oxygen atoms in total. The van der Waals surface area contributed by atoms with Crippen LogP contribution in [-0.4, -0.2) is 28.4 Å². The molecule has 0 radical (unpaired) electrons. The molecule has 1 amide bonds. The summed E-state index contributed by atoms with van der Waals surface area (Å²) in [7, 11) is 0. The number of amides is 1. The van der Waals surface area contributed by atoms with Gasteiger partial charge in [0.15, 0.2) is 6.04 Å². The lowest BCUT2D eigenvalue weighted by atomic mass is 9.49. The molecule has 4 bridgehead atoms. The van der Waals surface area contributed by atoms with Crippen LogP contribution in [0.25, 0.3) is 0 Å². The fraction of sp³-hybridized carbons (Fsp3) is 0.652. The van der Waals surface area contributed by atoms with Gasteiger partial charge in [-0.25, -0.2) is 4.68 Å². The Morgan fingerprint density at radius 2 is 1.88 bits per heavy atom. The number of anilines is 1. The predicted octanol–water partition coefficient (Wildman–Crippen LogP) is 5.08. The van der Waals surface area contributed by atoms with Gasteiger partial charge in [0.25, 0.3) is 5.91 Å². The van der Waals surface area contributed by atoms with Crippen LogP contribution in [0.2, 0.25) is 0 Å². The standard InChI is InChI=1S/C23H27F3N4O2/c24-23(25,26)19-7-17(18-2-1-3-32-18)29-20-16(11-28-30(19)20)21(31)27-12-22-8-13-4-14(9-22)6-15(5-13)10-22/h1-3,11,13-15,17,19,29H,4-10,12H2,(H,27,31)/t13?,14?,15?,17-,19-,22?/m0/s1. The Hall–Kier alpha value is -2.45. The first kappa shape index (κ1) is 20.2. The third-order valence-corrected chi connectivity index (χ3v) is 8.16. The van der Waals surface area contributed by atoms with E-state index in [9.17, 15) is 18.0 Å². The van der Waals surface area contributed by atoms with Gasteiger partial charge in [-0.05, 0) is 73.8 Å². The predicted molar refractivity (Wildman–Crippen MR) is 110 cm³/mol. The van der Waals surface area contributed by atoms with Crippen LogP contribution in [0.3, 0.4) is 0 Å². The van der Waals surface area contributed by atoms with E-state index in [1.165, 1.54) is 31.7 Å². The Kier molecular flexibility index (Phi) is 4.43. The zero-order chi connectivity index (χ0) is 22.1. The highest BCUT2D eigenvalue weighted by molar-refractivity contribution is 5.98. The minimum Gasteiger partial charge on any atom is -0.467 e. The smallest absolute Gasteiger partial charge is 0.410 e. The van der Waals surface area contributed by atoms with Crippen LogP contribution >= 0.6 is 0 Å². The number of nitrogens with zero attached hydrogens (tertiary/aromatic N) is 2. The Morgan fingerprint density at radius 3 is 2.47 bits per heavy atom. The molecule has 0 unspecified atom stereocenters. The maximum atomic E-state index is 13.8. The maximum Gasteiger partial charge on any atom is 0.410 e. The topological polar surface area (TPSA) is 72.1 Å². The fourth-order valence-corrected chi connectivity index (χ4v) is 7.27. The fourth-order valence-electron chi connectivity index (χ4n) is 7.27. The maximum absolute atomic E-state index is 13.8. The summed E-state index contributed by atoms with van der Waals surface area (Å²) in [5.74, 6) is 2.45. The largest absolute Gasteiger partial charge is 0.467 e. The zero-order valence-corrected chi connectivity index (χ0v) is 17.7. The van der Waals surface area contributed by atoms with Crippen molar-refractivity contribution in [1.82, 2.24) is 15.1 Å². The summed E-state index contributed by atoms with van der Waals surface area (Å²) in [4.78, 5) is 13.1. The SMILES string of the molecule is O=C(NCC12CC3CC(CC(C3)C1)C2)c1cnn2c1N[C@H](c1ccco1)C[C@H]2C(F)(F)F. The molecule has 32 heavy (non-hydrogen) atoms. The summed E-state index contributed by atoms with van der Waals surface area (Å²) < 4.78 is 47.6. The first-order valence-electron chi connectivity index (χ1n) is 11.5. The van der Waals surface area contributed by atoms with Crippen molar-refractivity contribution >= 4 is 11.7 Å². The second kappa shape index (κ2) is 7.02. The Morgan fingerprint density at radius 1 is 1.19 bits per heavy atom. The number of rotatable bonds is 4. The lowest BCUT2D eigenvalue weighted by molar-refractivity contribution is -0.174. The Bertz CT molecular complexity index is 978. The first-order valence-corrected chi connectivity index (χ1v) is 11.5. The molecule has 172 valence electrons. The molecule has 5 aliphatic rings. The molecule has 2 N–H and O–H groups in total. The van der Waals surface area contributed by atoms with E-state index in [1.807, 2.05) is 0 Å². The van der Waals surface area contributed by atoms with Gasteiger partial charge in [0.05, 0.1) is 18.5 Å². The van der Waals surface area contributed by atoms with Gasteiger partial charge >= 0.3 is 6.18 Å². The van der Waals surface area contributed by atoms with E-state index in [1.54, 1.807) is 12.1 Å². The van der Waals surface area contributed by atoms with Crippen molar-refractivity contribution < 1.29 is 22.4 Å². The first-order chi connectivity index (χ1) is 15.3. The molecule has 2 aromatic heterocycles. The zero-order valence-electron chi connectivity index (χ0n) is 17.7. The van der Waals surface area contributed by atoms with E-state index in [4.69, 9.17) is 4.42 Å². The molecule has 7 rings (SSSR count). The van der Waals surface area contributed by atoms with Gasteiger partial charge in [0.1, 0.15) is 17.1 Å². The van der Waals surface area contributed by atoms with Crippen molar-refractivity contribution in [3.63, 3.8) is 0 Å². The number of hydrogen-bond donors (Lipinski definition) is 2. The molecule has 0 aromatic carbocycles. The summed E-state index contributed by atoms with van der Waals surface area (Å²) >= 11 is 0. The molecule has 0 spiro atoms. The summed E-state index contributed by atoms with van der Waals surface area (Å²) in [5, 5.41) is 10.1. The molecule has 4 saturated carbocycles. The number of carbonyl (C=O) groups excluding carboxylic acids is 1. The second-order valence-electron chi connectivity index (χ2n) is 10.5. The van der Waals surface area contributed by atoms with Crippen LogP contribution in [-0.2, 0) is 0 Å². The molecule has 9 heteroatoms. The quantitative estimate of drug-likeness (QED) is 0.684. The molecular formula is C23H27F3N4O2. The third-order valence-electron chi connectivity index (χ3n) is 8.16. The van der Waals surface area contributed by atoms with Crippen LogP contribution < -0.4 is 10.6 Å². The summed E-state index contributed by atoms with van der Waals surface area (Å²) in [6.45, 7) is 0.588. The lowest BCUT2D eigenvalue weighted by Crippen LogP contribution is -2.51. The normalized spacial score (nSPS) is 35.4. The van der Waals surface area contributed by atoms with Crippen molar-refractivity contribution in [2.45, 2.75) is 63.2 Å². The number of carbonyl (C=O) groups is 1. The Labute approximate surface area is 183 Å². The van der Waals surface area contributed by atoms with Crippen molar-refractivity contribution in [3.8, 4) is 0 Å². The summed E-state index contributed by atoms with van der Waals surface area (Å²) in [6.07, 6.45) is 5.37. The van der Waals surface area contributed by atoms with Crippen LogP contribution in [0.5, 0.6) is 0 Å².